The van der Waals surface area contributed by atoms with E-state index in [0.29, 0.717) is 26.2 Å². The summed E-state index contributed by atoms with van der Waals surface area (Å²) in [5, 5.41) is 0. The van der Waals surface area contributed by atoms with Gasteiger partial charge in [0, 0.05) is 25.2 Å². The van der Waals surface area contributed by atoms with Gasteiger partial charge in [-0.15, -0.1) is 0 Å². The van der Waals surface area contributed by atoms with Gasteiger partial charge in [-0.25, -0.2) is 0 Å². The molecule has 0 N–H and O–H groups in total. The lowest BCUT2D eigenvalue weighted by Gasteiger charge is -2.38. The number of amides is 2. The summed E-state index contributed by atoms with van der Waals surface area (Å²) in [6.07, 6.45) is 0. The summed E-state index contributed by atoms with van der Waals surface area (Å²) in [6, 6.07) is 7.75. The highest BCUT2D eigenvalue weighted by Gasteiger charge is 2.40. The van der Waals surface area contributed by atoms with Gasteiger partial charge in [0.05, 0.1) is 12.6 Å². The van der Waals surface area contributed by atoms with Gasteiger partial charge in [0.15, 0.2) is 0 Å². The van der Waals surface area contributed by atoms with Crippen molar-refractivity contribution in [3.63, 3.8) is 0 Å². The summed E-state index contributed by atoms with van der Waals surface area (Å²) < 4.78 is 0. The van der Waals surface area contributed by atoms with Crippen LogP contribution in [0.4, 0.5) is 0 Å². The molecular formula is C15H19N3O2. The molecule has 20 heavy (non-hydrogen) atoms. The van der Waals surface area contributed by atoms with Crippen molar-refractivity contribution < 1.29 is 9.59 Å². The van der Waals surface area contributed by atoms with Crippen LogP contribution < -0.4 is 0 Å². The Morgan fingerprint density at radius 3 is 2.80 bits per heavy atom. The average Bonchev–Trinajstić information content (AvgIpc) is 2.72. The second-order valence-electron chi connectivity index (χ2n) is 5.68. The first-order valence-corrected chi connectivity index (χ1v) is 6.90. The van der Waals surface area contributed by atoms with Crippen molar-refractivity contribution in [1.29, 1.82) is 0 Å². The third-order valence-corrected chi connectivity index (χ3v) is 4.00. The quantitative estimate of drug-likeness (QED) is 0.792. The normalized spacial score (nSPS) is 21.1. The molecule has 1 aromatic carbocycles. The zero-order valence-corrected chi connectivity index (χ0v) is 11.9. The standard InChI is InChI=1S/C15H19N3O2/c1-16(2)10-14(19)17-7-8-18-13(9-17)11-5-3-4-6-12(11)15(18)20/h3-6,13H,7-10H2,1-2H3. The molecule has 3 rings (SSSR count). The molecule has 1 aromatic rings. The lowest BCUT2D eigenvalue weighted by atomic mass is 10.0. The molecule has 1 saturated heterocycles. The van der Waals surface area contributed by atoms with Crippen LogP contribution in [-0.4, -0.2) is 66.8 Å². The molecule has 1 unspecified atom stereocenters. The van der Waals surface area contributed by atoms with Crippen LogP contribution in [0.1, 0.15) is 22.0 Å². The molecule has 1 fully saturated rings. The fourth-order valence-corrected chi connectivity index (χ4v) is 3.03. The van der Waals surface area contributed by atoms with Crippen LogP contribution in [0, 0.1) is 0 Å². The van der Waals surface area contributed by atoms with Gasteiger partial charge in [0.2, 0.25) is 5.91 Å². The number of likely N-dealkylation sites (N-methyl/N-ethyl adjacent to an activating group) is 1. The maximum absolute atomic E-state index is 12.3. The molecule has 0 spiro atoms. The number of carbonyl (C=O) groups excluding carboxylic acids is 2. The molecule has 0 bridgehead atoms. The van der Waals surface area contributed by atoms with Crippen LogP contribution in [0.2, 0.25) is 0 Å². The van der Waals surface area contributed by atoms with Gasteiger partial charge < -0.3 is 14.7 Å². The van der Waals surface area contributed by atoms with Crippen molar-refractivity contribution in [1.82, 2.24) is 14.7 Å². The number of piperazine rings is 1. The number of carbonyl (C=O) groups is 2. The number of nitrogens with zero attached hydrogens (tertiary/aromatic N) is 3. The Labute approximate surface area is 118 Å². The zero-order chi connectivity index (χ0) is 14.3. The van der Waals surface area contributed by atoms with E-state index in [9.17, 15) is 9.59 Å². The van der Waals surface area contributed by atoms with Gasteiger partial charge in [-0.1, -0.05) is 18.2 Å². The second-order valence-corrected chi connectivity index (χ2v) is 5.68. The van der Waals surface area contributed by atoms with E-state index in [2.05, 4.69) is 0 Å². The molecule has 5 nitrogen and oxygen atoms in total. The van der Waals surface area contributed by atoms with E-state index in [1.165, 1.54) is 0 Å². The van der Waals surface area contributed by atoms with E-state index in [0.717, 1.165) is 11.1 Å². The second kappa shape index (κ2) is 4.90. The third-order valence-electron chi connectivity index (χ3n) is 4.00. The fraction of sp³-hybridized carbons (Fsp3) is 0.467. The monoisotopic (exact) mass is 273 g/mol. The van der Waals surface area contributed by atoms with Crippen molar-refractivity contribution in [3.8, 4) is 0 Å². The van der Waals surface area contributed by atoms with Gasteiger partial charge >= 0.3 is 0 Å². The summed E-state index contributed by atoms with van der Waals surface area (Å²) in [7, 11) is 3.78. The minimum atomic E-state index is 0.0264. The molecule has 0 saturated carbocycles. The summed E-state index contributed by atoms with van der Waals surface area (Å²) in [5.74, 6) is 0.233. The number of fused-ring (bicyclic) bond motifs is 3. The van der Waals surface area contributed by atoms with Gasteiger partial charge in [0.25, 0.3) is 5.91 Å². The lowest BCUT2D eigenvalue weighted by Crippen LogP contribution is -2.51. The first-order chi connectivity index (χ1) is 9.58. The van der Waals surface area contributed by atoms with Crippen LogP contribution in [0.15, 0.2) is 24.3 Å². The summed E-state index contributed by atoms with van der Waals surface area (Å²) >= 11 is 0. The van der Waals surface area contributed by atoms with Crippen molar-refractivity contribution in [3.05, 3.63) is 35.4 Å². The average molecular weight is 273 g/mol. The van der Waals surface area contributed by atoms with Gasteiger partial charge in [0.1, 0.15) is 0 Å². The Hall–Kier alpha value is -1.88. The molecule has 0 aromatic heterocycles. The van der Waals surface area contributed by atoms with E-state index in [4.69, 9.17) is 0 Å². The summed E-state index contributed by atoms with van der Waals surface area (Å²) in [6.45, 7) is 2.28. The zero-order valence-electron chi connectivity index (χ0n) is 11.9. The Balaban J connectivity index is 1.81. The topological polar surface area (TPSA) is 43.9 Å². The van der Waals surface area contributed by atoms with Gasteiger partial charge in [-0.05, 0) is 25.7 Å². The van der Waals surface area contributed by atoms with Crippen LogP contribution in [-0.2, 0) is 4.79 Å². The molecule has 2 aliphatic heterocycles. The van der Waals surface area contributed by atoms with Crippen LogP contribution in [0.5, 0.6) is 0 Å². The van der Waals surface area contributed by atoms with Crippen molar-refractivity contribution in [2.24, 2.45) is 0 Å². The molecule has 1 atom stereocenters. The van der Waals surface area contributed by atoms with E-state index >= 15 is 0 Å². The largest absolute Gasteiger partial charge is 0.337 e. The van der Waals surface area contributed by atoms with Crippen LogP contribution in [0.3, 0.4) is 0 Å². The SMILES string of the molecule is CN(C)CC(=O)N1CCN2C(=O)c3ccccc3C2C1. The van der Waals surface area contributed by atoms with Crippen LogP contribution >= 0.6 is 0 Å². The predicted molar refractivity (Wildman–Crippen MR) is 75.4 cm³/mol. The number of benzene rings is 1. The van der Waals surface area contributed by atoms with Gasteiger partial charge in [-0.3, -0.25) is 9.59 Å². The highest BCUT2D eigenvalue weighted by atomic mass is 16.2. The maximum Gasteiger partial charge on any atom is 0.254 e. The molecule has 106 valence electrons. The number of hydrogen-bond donors (Lipinski definition) is 0. The van der Waals surface area contributed by atoms with Crippen LogP contribution in [0.25, 0.3) is 0 Å². The molecule has 0 radical (unpaired) electrons. The van der Waals surface area contributed by atoms with Crippen molar-refractivity contribution >= 4 is 11.8 Å². The van der Waals surface area contributed by atoms with E-state index in [1.807, 2.05) is 53.1 Å². The summed E-state index contributed by atoms with van der Waals surface area (Å²) in [4.78, 5) is 30.1. The number of rotatable bonds is 2. The van der Waals surface area contributed by atoms with Crippen molar-refractivity contribution in [2.75, 3.05) is 40.3 Å². The lowest BCUT2D eigenvalue weighted by molar-refractivity contribution is -0.134. The van der Waals surface area contributed by atoms with Gasteiger partial charge in [-0.2, -0.15) is 0 Å². The Morgan fingerprint density at radius 2 is 2.05 bits per heavy atom. The number of hydrogen-bond acceptors (Lipinski definition) is 3. The molecule has 2 aliphatic rings. The minimum Gasteiger partial charge on any atom is -0.337 e. The highest BCUT2D eigenvalue weighted by molar-refractivity contribution is 5.99. The predicted octanol–water partition coefficient (Wildman–Crippen LogP) is 0.587. The molecular weight excluding hydrogens is 254 g/mol. The fourth-order valence-electron chi connectivity index (χ4n) is 3.03. The van der Waals surface area contributed by atoms with E-state index < -0.39 is 0 Å². The molecule has 2 heterocycles. The van der Waals surface area contributed by atoms with E-state index in [-0.39, 0.29) is 17.9 Å². The first-order valence-electron chi connectivity index (χ1n) is 6.90. The summed E-state index contributed by atoms with van der Waals surface area (Å²) in [5.41, 5.74) is 1.85. The minimum absolute atomic E-state index is 0.0264. The van der Waals surface area contributed by atoms with E-state index in [1.54, 1.807) is 0 Å². The Morgan fingerprint density at radius 1 is 1.30 bits per heavy atom. The Kier molecular flexibility index (Phi) is 3.22. The maximum atomic E-state index is 12.3. The molecule has 2 amide bonds. The smallest absolute Gasteiger partial charge is 0.254 e. The highest BCUT2D eigenvalue weighted by Crippen LogP contribution is 2.35. The molecule has 5 heteroatoms. The third kappa shape index (κ3) is 2.08. The Bertz CT molecular complexity index is 556. The molecule has 0 aliphatic carbocycles. The first kappa shape index (κ1) is 13.1. The van der Waals surface area contributed by atoms with Crippen molar-refractivity contribution in [2.45, 2.75) is 6.04 Å².